The predicted molar refractivity (Wildman–Crippen MR) is 75.1 cm³/mol. The van der Waals surface area contributed by atoms with Crippen LogP contribution in [0.5, 0.6) is 0 Å². The van der Waals surface area contributed by atoms with E-state index < -0.39 is 17.6 Å². The number of carbonyl (C=O) groups is 2. The molecule has 0 radical (unpaired) electrons. The molecular formula is C14H23N3O3. The van der Waals surface area contributed by atoms with Crippen molar-refractivity contribution in [3.05, 3.63) is 18.0 Å². The van der Waals surface area contributed by atoms with Crippen LogP contribution in [0.15, 0.2) is 12.3 Å². The van der Waals surface area contributed by atoms with Crippen molar-refractivity contribution in [2.45, 2.75) is 46.3 Å². The van der Waals surface area contributed by atoms with Gasteiger partial charge in [0.05, 0.1) is 0 Å². The van der Waals surface area contributed by atoms with E-state index in [1.54, 1.807) is 33.9 Å². The van der Waals surface area contributed by atoms with Gasteiger partial charge in [-0.1, -0.05) is 13.8 Å². The van der Waals surface area contributed by atoms with Gasteiger partial charge in [-0.3, -0.25) is 9.48 Å². The van der Waals surface area contributed by atoms with E-state index >= 15 is 0 Å². The average Bonchev–Trinajstić information content (AvgIpc) is 2.69. The molecule has 6 heteroatoms. The third-order valence-electron chi connectivity index (χ3n) is 2.67. The molecule has 0 bridgehead atoms. The van der Waals surface area contributed by atoms with Crippen molar-refractivity contribution >= 4 is 11.9 Å². The van der Waals surface area contributed by atoms with Crippen LogP contribution in [-0.4, -0.2) is 33.3 Å². The van der Waals surface area contributed by atoms with Gasteiger partial charge < -0.3 is 10.1 Å². The summed E-state index contributed by atoms with van der Waals surface area (Å²) in [6.45, 7) is 9.11. The maximum atomic E-state index is 12.1. The van der Waals surface area contributed by atoms with Gasteiger partial charge in [0.2, 0.25) is 0 Å². The van der Waals surface area contributed by atoms with Crippen molar-refractivity contribution in [1.82, 2.24) is 15.1 Å². The monoisotopic (exact) mass is 281 g/mol. The van der Waals surface area contributed by atoms with E-state index in [1.165, 1.54) is 10.9 Å². The van der Waals surface area contributed by atoms with E-state index in [0.29, 0.717) is 5.69 Å². The Morgan fingerprint density at radius 3 is 2.35 bits per heavy atom. The lowest BCUT2D eigenvalue weighted by Crippen LogP contribution is -2.47. The van der Waals surface area contributed by atoms with E-state index in [1.807, 2.05) is 13.8 Å². The fourth-order valence-electron chi connectivity index (χ4n) is 1.67. The van der Waals surface area contributed by atoms with Crippen molar-refractivity contribution < 1.29 is 14.3 Å². The number of hydrogen-bond donors (Lipinski definition) is 1. The molecule has 0 saturated heterocycles. The molecule has 1 aromatic rings. The topological polar surface area (TPSA) is 73.2 Å². The summed E-state index contributed by atoms with van der Waals surface area (Å²) in [7, 11) is 1.67. The minimum atomic E-state index is -0.684. The largest absolute Gasteiger partial charge is 0.458 e. The molecule has 6 nitrogen and oxygen atoms in total. The molecule has 0 saturated carbocycles. The first-order valence-electron chi connectivity index (χ1n) is 6.63. The fourth-order valence-corrected chi connectivity index (χ4v) is 1.67. The standard InChI is InChI=1S/C14H23N3O3/c1-9(2)11(13(19)20-14(3,4)5)16-12(18)10-7-8-15-17(10)6/h7-9,11H,1-6H3,(H,16,18)/t11-/m1/s1. The van der Waals surface area contributed by atoms with Gasteiger partial charge in [-0.25, -0.2) is 4.79 Å². The molecule has 0 aliphatic rings. The predicted octanol–water partition coefficient (Wildman–Crippen LogP) is 1.52. The molecular weight excluding hydrogens is 258 g/mol. The van der Waals surface area contributed by atoms with Crippen LogP contribution in [0.25, 0.3) is 0 Å². The molecule has 20 heavy (non-hydrogen) atoms. The number of hydrogen-bond acceptors (Lipinski definition) is 4. The van der Waals surface area contributed by atoms with E-state index in [-0.39, 0.29) is 11.8 Å². The third-order valence-corrected chi connectivity index (χ3v) is 2.67. The number of ether oxygens (including phenoxy) is 1. The van der Waals surface area contributed by atoms with Gasteiger partial charge in [-0.2, -0.15) is 5.10 Å². The van der Waals surface area contributed by atoms with Crippen LogP contribution in [-0.2, 0) is 16.6 Å². The summed E-state index contributed by atoms with van der Waals surface area (Å²) >= 11 is 0. The van der Waals surface area contributed by atoms with Crippen LogP contribution < -0.4 is 5.32 Å². The summed E-state index contributed by atoms with van der Waals surface area (Å²) in [5.41, 5.74) is -0.180. The van der Waals surface area contributed by atoms with Crippen molar-refractivity contribution in [2.75, 3.05) is 0 Å². The molecule has 1 rings (SSSR count). The Hall–Kier alpha value is -1.85. The third kappa shape index (κ3) is 4.36. The number of rotatable bonds is 4. The zero-order valence-corrected chi connectivity index (χ0v) is 12.9. The Morgan fingerprint density at radius 1 is 1.35 bits per heavy atom. The van der Waals surface area contributed by atoms with E-state index in [4.69, 9.17) is 4.74 Å². The maximum Gasteiger partial charge on any atom is 0.329 e. The minimum absolute atomic E-state index is 0.0676. The zero-order valence-electron chi connectivity index (χ0n) is 12.9. The van der Waals surface area contributed by atoms with Gasteiger partial charge in [0.1, 0.15) is 17.3 Å². The number of aromatic nitrogens is 2. The Balaban J connectivity index is 2.81. The lowest BCUT2D eigenvalue weighted by Gasteiger charge is -2.26. The Labute approximate surface area is 119 Å². The molecule has 112 valence electrons. The van der Waals surface area contributed by atoms with Gasteiger partial charge in [0, 0.05) is 13.2 Å². The second-order valence-electron chi connectivity index (χ2n) is 6.07. The molecule has 0 spiro atoms. The molecule has 1 heterocycles. The first-order chi connectivity index (χ1) is 9.11. The first kappa shape index (κ1) is 16.2. The molecule has 1 atom stereocenters. The highest BCUT2D eigenvalue weighted by molar-refractivity contribution is 5.95. The smallest absolute Gasteiger partial charge is 0.329 e. The van der Waals surface area contributed by atoms with Crippen LogP contribution in [0.4, 0.5) is 0 Å². The summed E-state index contributed by atoms with van der Waals surface area (Å²) in [6, 6.07) is 0.915. The Kier molecular flexibility index (Phi) is 4.92. The quantitative estimate of drug-likeness (QED) is 0.849. The van der Waals surface area contributed by atoms with Crippen LogP contribution >= 0.6 is 0 Å². The molecule has 0 unspecified atom stereocenters. The van der Waals surface area contributed by atoms with Gasteiger partial charge in [-0.15, -0.1) is 0 Å². The second-order valence-corrected chi connectivity index (χ2v) is 6.07. The van der Waals surface area contributed by atoms with Crippen LogP contribution in [0.2, 0.25) is 0 Å². The summed E-state index contributed by atoms with van der Waals surface area (Å²) in [4.78, 5) is 24.3. The van der Waals surface area contributed by atoms with Gasteiger partial charge in [0.15, 0.2) is 0 Å². The summed E-state index contributed by atoms with van der Waals surface area (Å²) in [5, 5.41) is 6.64. The second kappa shape index (κ2) is 6.07. The number of aryl methyl sites for hydroxylation is 1. The highest BCUT2D eigenvalue weighted by Gasteiger charge is 2.29. The number of carbonyl (C=O) groups excluding carboxylic acids is 2. The molecule has 0 fully saturated rings. The van der Waals surface area contributed by atoms with Crippen LogP contribution in [0.1, 0.15) is 45.1 Å². The number of nitrogens with one attached hydrogen (secondary N) is 1. The molecule has 0 aliphatic carbocycles. The Bertz CT molecular complexity index is 486. The number of amides is 1. The van der Waals surface area contributed by atoms with Crippen molar-refractivity contribution in [3.8, 4) is 0 Å². The highest BCUT2D eigenvalue weighted by Crippen LogP contribution is 2.13. The first-order valence-corrected chi connectivity index (χ1v) is 6.63. The van der Waals surface area contributed by atoms with Crippen molar-refractivity contribution in [1.29, 1.82) is 0 Å². The zero-order chi connectivity index (χ0) is 15.5. The summed E-state index contributed by atoms with van der Waals surface area (Å²) in [6.07, 6.45) is 1.53. The molecule has 1 aromatic heterocycles. The normalized spacial score (nSPS) is 13.2. The average molecular weight is 281 g/mol. The van der Waals surface area contributed by atoms with Gasteiger partial charge in [-0.05, 0) is 32.8 Å². The lowest BCUT2D eigenvalue weighted by atomic mass is 10.0. The highest BCUT2D eigenvalue weighted by atomic mass is 16.6. The SMILES string of the molecule is CC(C)[C@@H](NC(=O)c1ccnn1C)C(=O)OC(C)(C)C. The molecule has 1 amide bonds. The minimum Gasteiger partial charge on any atom is -0.458 e. The van der Waals surface area contributed by atoms with Gasteiger partial charge >= 0.3 is 5.97 Å². The van der Waals surface area contributed by atoms with Crippen molar-refractivity contribution in [2.24, 2.45) is 13.0 Å². The molecule has 1 N–H and O–H groups in total. The summed E-state index contributed by atoms with van der Waals surface area (Å²) in [5.74, 6) is -0.834. The number of nitrogens with zero attached hydrogens (tertiary/aromatic N) is 2. The van der Waals surface area contributed by atoms with E-state index in [9.17, 15) is 9.59 Å². The van der Waals surface area contributed by atoms with Gasteiger partial charge in [0.25, 0.3) is 5.91 Å². The number of esters is 1. The Morgan fingerprint density at radius 2 is 1.95 bits per heavy atom. The van der Waals surface area contributed by atoms with Crippen LogP contribution in [0, 0.1) is 5.92 Å². The molecule has 0 aromatic carbocycles. The lowest BCUT2D eigenvalue weighted by molar-refractivity contribution is -0.158. The van der Waals surface area contributed by atoms with E-state index in [0.717, 1.165) is 0 Å². The van der Waals surface area contributed by atoms with E-state index in [2.05, 4.69) is 10.4 Å². The fraction of sp³-hybridized carbons (Fsp3) is 0.643. The van der Waals surface area contributed by atoms with Crippen molar-refractivity contribution in [3.63, 3.8) is 0 Å². The summed E-state index contributed by atoms with van der Waals surface area (Å²) < 4.78 is 6.79. The molecule has 0 aliphatic heterocycles. The maximum absolute atomic E-state index is 12.1. The van der Waals surface area contributed by atoms with Crippen LogP contribution in [0.3, 0.4) is 0 Å².